The van der Waals surface area contributed by atoms with Crippen LogP contribution in [0.25, 0.3) is 0 Å². The lowest BCUT2D eigenvalue weighted by Gasteiger charge is -1.98. The van der Waals surface area contributed by atoms with E-state index in [1.807, 2.05) is 7.05 Å². The fraction of sp³-hybridized carbons (Fsp3) is 0.833. The van der Waals surface area contributed by atoms with Gasteiger partial charge in [0.1, 0.15) is 0 Å². The molecule has 0 radical (unpaired) electrons. The van der Waals surface area contributed by atoms with Crippen LogP contribution < -0.4 is 5.32 Å². The Balaban J connectivity index is 3.05. The van der Waals surface area contributed by atoms with E-state index in [1.165, 1.54) is 7.11 Å². The monoisotopic (exact) mass is 147 g/mol. The van der Waals surface area contributed by atoms with Crippen molar-refractivity contribution in [3.05, 3.63) is 0 Å². The van der Waals surface area contributed by atoms with Gasteiger partial charge in [-0.3, -0.25) is 4.89 Å². The number of hydrogen-bond acceptors (Lipinski definition) is 4. The summed E-state index contributed by atoms with van der Waals surface area (Å²) >= 11 is 0. The summed E-state index contributed by atoms with van der Waals surface area (Å²) in [5, 5.41) is 2.92. The normalized spacial score (nSPS) is 9.40. The average Bonchev–Trinajstić information content (AvgIpc) is 1.89. The second-order valence-electron chi connectivity index (χ2n) is 1.83. The summed E-state index contributed by atoms with van der Waals surface area (Å²) in [7, 11) is 3.15. The SMILES string of the molecule is CNCCCC(=O)OOC. The molecule has 0 aliphatic carbocycles. The Morgan fingerprint density at radius 2 is 2.30 bits per heavy atom. The molecule has 1 N–H and O–H groups in total. The van der Waals surface area contributed by atoms with Crippen LogP contribution >= 0.6 is 0 Å². The van der Waals surface area contributed by atoms with E-state index in [2.05, 4.69) is 15.1 Å². The Morgan fingerprint density at radius 1 is 1.60 bits per heavy atom. The maximum Gasteiger partial charge on any atom is 0.342 e. The van der Waals surface area contributed by atoms with E-state index < -0.39 is 0 Å². The van der Waals surface area contributed by atoms with E-state index in [9.17, 15) is 4.79 Å². The highest BCUT2D eigenvalue weighted by Gasteiger charge is 2.00. The smallest absolute Gasteiger partial charge is 0.320 e. The molecule has 0 aromatic carbocycles. The van der Waals surface area contributed by atoms with E-state index in [-0.39, 0.29) is 5.97 Å². The van der Waals surface area contributed by atoms with Crippen molar-refractivity contribution in [3.63, 3.8) is 0 Å². The van der Waals surface area contributed by atoms with Crippen LogP contribution in [0.3, 0.4) is 0 Å². The first-order valence-corrected chi connectivity index (χ1v) is 3.19. The van der Waals surface area contributed by atoms with Gasteiger partial charge >= 0.3 is 5.97 Å². The summed E-state index contributed by atoms with van der Waals surface area (Å²) in [5.74, 6) is -0.322. The summed E-state index contributed by atoms with van der Waals surface area (Å²) in [6.07, 6.45) is 1.17. The molecule has 0 aliphatic heterocycles. The van der Waals surface area contributed by atoms with Crippen molar-refractivity contribution in [2.75, 3.05) is 20.7 Å². The predicted octanol–water partition coefficient (Wildman–Crippen LogP) is 0.0906. The van der Waals surface area contributed by atoms with Crippen molar-refractivity contribution in [3.8, 4) is 0 Å². The van der Waals surface area contributed by atoms with Gasteiger partial charge in [-0.1, -0.05) is 0 Å². The third kappa shape index (κ3) is 5.53. The van der Waals surface area contributed by atoms with Gasteiger partial charge < -0.3 is 5.32 Å². The minimum absolute atomic E-state index is 0.322. The molecule has 0 fully saturated rings. The molecular formula is C6H13NO3. The molecule has 0 rings (SSSR count). The van der Waals surface area contributed by atoms with E-state index in [0.29, 0.717) is 6.42 Å². The molecule has 10 heavy (non-hydrogen) atoms. The average molecular weight is 147 g/mol. The van der Waals surface area contributed by atoms with Crippen molar-refractivity contribution in [1.29, 1.82) is 0 Å². The van der Waals surface area contributed by atoms with Gasteiger partial charge in [0.05, 0.1) is 13.5 Å². The molecule has 0 spiro atoms. The van der Waals surface area contributed by atoms with Gasteiger partial charge in [-0.05, 0) is 20.0 Å². The number of rotatable bonds is 5. The van der Waals surface area contributed by atoms with Crippen LogP contribution in [0.4, 0.5) is 0 Å². The number of carbonyl (C=O) groups is 1. The zero-order valence-electron chi connectivity index (χ0n) is 6.35. The second kappa shape index (κ2) is 6.51. The van der Waals surface area contributed by atoms with Gasteiger partial charge in [0.15, 0.2) is 0 Å². The van der Waals surface area contributed by atoms with E-state index in [0.717, 1.165) is 13.0 Å². The van der Waals surface area contributed by atoms with Crippen LogP contribution in [0, 0.1) is 0 Å². The van der Waals surface area contributed by atoms with Crippen molar-refractivity contribution in [2.24, 2.45) is 0 Å². The molecule has 0 aromatic heterocycles. The molecule has 0 heterocycles. The van der Waals surface area contributed by atoms with Crippen LogP contribution in [0.2, 0.25) is 0 Å². The zero-order chi connectivity index (χ0) is 7.82. The van der Waals surface area contributed by atoms with Gasteiger partial charge in [0, 0.05) is 0 Å². The Hall–Kier alpha value is -0.610. The summed E-state index contributed by atoms with van der Waals surface area (Å²) in [6.45, 7) is 0.818. The highest BCUT2D eigenvalue weighted by Crippen LogP contribution is 1.90. The molecule has 0 amide bonds. The summed E-state index contributed by atoms with van der Waals surface area (Å²) in [4.78, 5) is 18.9. The molecule has 0 aromatic rings. The van der Waals surface area contributed by atoms with E-state index >= 15 is 0 Å². The summed E-state index contributed by atoms with van der Waals surface area (Å²) in [6, 6.07) is 0. The molecule has 60 valence electrons. The van der Waals surface area contributed by atoms with Crippen molar-refractivity contribution in [2.45, 2.75) is 12.8 Å². The second-order valence-corrected chi connectivity index (χ2v) is 1.83. The van der Waals surface area contributed by atoms with Gasteiger partial charge in [-0.2, -0.15) is 4.89 Å². The highest BCUT2D eigenvalue weighted by molar-refractivity contribution is 5.68. The van der Waals surface area contributed by atoms with E-state index in [4.69, 9.17) is 0 Å². The first kappa shape index (κ1) is 9.39. The fourth-order valence-electron chi connectivity index (χ4n) is 0.544. The lowest BCUT2D eigenvalue weighted by Crippen LogP contribution is -2.11. The molecule has 4 nitrogen and oxygen atoms in total. The van der Waals surface area contributed by atoms with Gasteiger partial charge in [-0.25, -0.2) is 4.79 Å². The fourth-order valence-corrected chi connectivity index (χ4v) is 0.544. The summed E-state index contributed by atoms with van der Waals surface area (Å²) < 4.78 is 0. The molecule has 0 atom stereocenters. The Kier molecular flexibility index (Phi) is 6.11. The third-order valence-electron chi connectivity index (χ3n) is 0.984. The highest BCUT2D eigenvalue weighted by atomic mass is 17.2. The zero-order valence-corrected chi connectivity index (χ0v) is 6.35. The van der Waals surface area contributed by atoms with Crippen molar-refractivity contribution in [1.82, 2.24) is 5.32 Å². The van der Waals surface area contributed by atoms with Crippen LogP contribution in [0.1, 0.15) is 12.8 Å². The first-order chi connectivity index (χ1) is 4.81. The Bertz CT molecular complexity index is 95.0. The van der Waals surface area contributed by atoms with Crippen molar-refractivity contribution < 1.29 is 14.6 Å². The van der Waals surface area contributed by atoms with Gasteiger partial charge in [0.2, 0.25) is 0 Å². The maximum absolute atomic E-state index is 10.5. The molecule has 4 heteroatoms. The number of carbonyl (C=O) groups excluding carboxylic acids is 1. The van der Waals surface area contributed by atoms with Gasteiger partial charge in [-0.15, -0.1) is 0 Å². The van der Waals surface area contributed by atoms with Crippen LogP contribution in [-0.2, 0) is 14.6 Å². The third-order valence-corrected chi connectivity index (χ3v) is 0.984. The molecule has 0 saturated carbocycles. The maximum atomic E-state index is 10.5. The van der Waals surface area contributed by atoms with Crippen LogP contribution in [0.15, 0.2) is 0 Å². The predicted molar refractivity (Wildman–Crippen MR) is 36.3 cm³/mol. The molecule has 0 aliphatic rings. The number of hydrogen-bond donors (Lipinski definition) is 1. The molecule has 0 bridgehead atoms. The van der Waals surface area contributed by atoms with Gasteiger partial charge in [0.25, 0.3) is 0 Å². The van der Waals surface area contributed by atoms with Crippen LogP contribution in [0.5, 0.6) is 0 Å². The van der Waals surface area contributed by atoms with Crippen LogP contribution in [-0.4, -0.2) is 26.7 Å². The number of nitrogens with one attached hydrogen (secondary N) is 1. The Morgan fingerprint density at radius 3 is 2.80 bits per heavy atom. The topological polar surface area (TPSA) is 47.6 Å². The minimum Gasteiger partial charge on any atom is -0.320 e. The quantitative estimate of drug-likeness (QED) is 0.340. The van der Waals surface area contributed by atoms with E-state index in [1.54, 1.807) is 0 Å². The lowest BCUT2D eigenvalue weighted by atomic mass is 10.3. The molecule has 0 saturated heterocycles. The summed E-state index contributed by atoms with van der Waals surface area (Å²) in [5.41, 5.74) is 0. The molecular weight excluding hydrogens is 134 g/mol. The minimum atomic E-state index is -0.322. The largest absolute Gasteiger partial charge is 0.342 e. The molecule has 0 unspecified atom stereocenters. The standard InChI is InChI=1S/C6H13NO3/c1-7-5-3-4-6(8)10-9-2/h7H,3-5H2,1-2H3. The van der Waals surface area contributed by atoms with Crippen molar-refractivity contribution >= 4 is 5.97 Å². The first-order valence-electron chi connectivity index (χ1n) is 3.19. The lowest BCUT2D eigenvalue weighted by molar-refractivity contribution is -0.255. The Labute approximate surface area is 60.4 Å².